The van der Waals surface area contributed by atoms with Crippen LogP contribution >= 0.6 is 0 Å². The van der Waals surface area contributed by atoms with E-state index in [9.17, 15) is 4.79 Å². The number of ether oxygens (including phenoxy) is 2. The molecule has 0 saturated heterocycles. The van der Waals surface area contributed by atoms with E-state index >= 15 is 0 Å². The van der Waals surface area contributed by atoms with Crippen LogP contribution in [0.1, 0.15) is 41.2 Å². The van der Waals surface area contributed by atoms with Gasteiger partial charge in [-0.1, -0.05) is 25.1 Å². The standard InChI is InChI=1S/C23H24N2O4/c1-3-12-29-20-11-10-16(14-21(20)27-2)22-24-19-9-5-4-8-18(19)23(26)25(22)15-17-7-6-13-28-17/h4-11,13-14,22,24H,3,12,15H2,1-2H3/t22-/m0/s1. The number of hydrogen-bond donors (Lipinski definition) is 1. The number of amides is 1. The minimum atomic E-state index is -0.364. The first-order valence-corrected chi connectivity index (χ1v) is 9.71. The number of benzene rings is 2. The molecule has 3 aromatic rings. The molecular formula is C23H24N2O4. The third kappa shape index (κ3) is 3.78. The van der Waals surface area contributed by atoms with Gasteiger partial charge in [0.15, 0.2) is 11.5 Å². The normalized spacial score (nSPS) is 15.6. The van der Waals surface area contributed by atoms with E-state index in [1.54, 1.807) is 18.3 Å². The second kappa shape index (κ2) is 8.31. The zero-order chi connectivity index (χ0) is 20.2. The molecular weight excluding hydrogens is 368 g/mol. The summed E-state index contributed by atoms with van der Waals surface area (Å²) in [5, 5.41) is 3.49. The van der Waals surface area contributed by atoms with Gasteiger partial charge in [-0.3, -0.25) is 4.79 Å². The predicted octanol–water partition coefficient (Wildman–Crippen LogP) is 4.84. The maximum atomic E-state index is 13.3. The van der Waals surface area contributed by atoms with Gasteiger partial charge in [0, 0.05) is 5.69 Å². The van der Waals surface area contributed by atoms with Crippen molar-refractivity contribution >= 4 is 11.6 Å². The fourth-order valence-electron chi connectivity index (χ4n) is 3.47. The lowest BCUT2D eigenvalue weighted by atomic mass is 10.0. The van der Waals surface area contributed by atoms with Gasteiger partial charge in [-0.15, -0.1) is 0 Å². The highest BCUT2D eigenvalue weighted by atomic mass is 16.5. The van der Waals surface area contributed by atoms with Gasteiger partial charge in [0.05, 0.1) is 32.1 Å². The number of fused-ring (bicyclic) bond motifs is 1. The van der Waals surface area contributed by atoms with Crippen molar-refractivity contribution in [1.82, 2.24) is 4.90 Å². The monoisotopic (exact) mass is 392 g/mol. The van der Waals surface area contributed by atoms with Crippen molar-refractivity contribution < 1.29 is 18.7 Å². The van der Waals surface area contributed by atoms with Crippen molar-refractivity contribution in [1.29, 1.82) is 0 Å². The summed E-state index contributed by atoms with van der Waals surface area (Å²) in [6.07, 6.45) is 2.16. The summed E-state index contributed by atoms with van der Waals surface area (Å²) in [6.45, 7) is 3.03. The largest absolute Gasteiger partial charge is 0.493 e. The van der Waals surface area contributed by atoms with Crippen LogP contribution in [0.15, 0.2) is 65.3 Å². The average Bonchev–Trinajstić information content (AvgIpc) is 3.27. The summed E-state index contributed by atoms with van der Waals surface area (Å²) in [6, 6.07) is 17.0. The van der Waals surface area contributed by atoms with Crippen LogP contribution in [-0.2, 0) is 6.54 Å². The molecule has 0 aliphatic carbocycles. The molecule has 6 heteroatoms. The number of carbonyl (C=O) groups excluding carboxylic acids is 1. The molecule has 0 spiro atoms. The minimum Gasteiger partial charge on any atom is -0.493 e. The zero-order valence-corrected chi connectivity index (χ0v) is 16.6. The summed E-state index contributed by atoms with van der Waals surface area (Å²) in [7, 11) is 1.62. The van der Waals surface area contributed by atoms with Crippen LogP contribution < -0.4 is 14.8 Å². The van der Waals surface area contributed by atoms with Crippen LogP contribution in [0.3, 0.4) is 0 Å². The van der Waals surface area contributed by atoms with Gasteiger partial charge in [-0.05, 0) is 48.4 Å². The molecule has 29 heavy (non-hydrogen) atoms. The number of nitrogens with zero attached hydrogens (tertiary/aromatic N) is 1. The zero-order valence-electron chi connectivity index (χ0n) is 16.6. The lowest BCUT2D eigenvalue weighted by molar-refractivity contribution is 0.0651. The van der Waals surface area contributed by atoms with E-state index in [1.807, 2.05) is 54.6 Å². The number of furan rings is 1. The lowest BCUT2D eigenvalue weighted by Gasteiger charge is -2.37. The maximum Gasteiger partial charge on any atom is 0.258 e. The van der Waals surface area contributed by atoms with Crippen LogP contribution in [0.4, 0.5) is 5.69 Å². The number of methoxy groups -OCH3 is 1. The molecule has 2 heterocycles. The van der Waals surface area contributed by atoms with E-state index in [2.05, 4.69) is 12.2 Å². The Balaban J connectivity index is 1.72. The first kappa shape index (κ1) is 18.9. The van der Waals surface area contributed by atoms with Crippen molar-refractivity contribution in [3.63, 3.8) is 0 Å². The van der Waals surface area contributed by atoms with Crippen molar-refractivity contribution in [3.05, 3.63) is 77.7 Å². The van der Waals surface area contributed by atoms with Gasteiger partial charge in [0.1, 0.15) is 11.9 Å². The van der Waals surface area contributed by atoms with Crippen molar-refractivity contribution in [2.75, 3.05) is 19.0 Å². The summed E-state index contributed by atoms with van der Waals surface area (Å²) in [4.78, 5) is 15.0. The van der Waals surface area contributed by atoms with Crippen LogP contribution in [0.25, 0.3) is 0 Å². The molecule has 1 aliphatic rings. The summed E-state index contributed by atoms with van der Waals surface area (Å²) >= 11 is 0. The van der Waals surface area contributed by atoms with Crippen LogP contribution in [0, 0.1) is 0 Å². The van der Waals surface area contributed by atoms with Crippen LogP contribution in [0.5, 0.6) is 11.5 Å². The van der Waals surface area contributed by atoms with Gasteiger partial charge < -0.3 is 24.1 Å². The molecule has 0 bridgehead atoms. The Morgan fingerprint density at radius 1 is 1.10 bits per heavy atom. The predicted molar refractivity (Wildman–Crippen MR) is 110 cm³/mol. The van der Waals surface area contributed by atoms with Crippen LogP contribution in [-0.4, -0.2) is 24.5 Å². The van der Waals surface area contributed by atoms with Gasteiger partial charge in [-0.25, -0.2) is 0 Å². The third-order valence-electron chi connectivity index (χ3n) is 4.89. The average molecular weight is 392 g/mol. The summed E-state index contributed by atoms with van der Waals surface area (Å²) in [5.41, 5.74) is 2.36. The highest BCUT2D eigenvalue weighted by Gasteiger charge is 2.33. The number of carbonyl (C=O) groups is 1. The minimum absolute atomic E-state index is 0.0500. The second-order valence-electron chi connectivity index (χ2n) is 6.86. The number of hydrogen-bond acceptors (Lipinski definition) is 5. The van der Waals surface area contributed by atoms with Gasteiger partial charge in [0.2, 0.25) is 0 Å². The molecule has 0 saturated carbocycles. The van der Waals surface area contributed by atoms with Gasteiger partial charge >= 0.3 is 0 Å². The fourth-order valence-corrected chi connectivity index (χ4v) is 3.47. The molecule has 4 rings (SSSR count). The molecule has 2 aromatic carbocycles. The van der Waals surface area contributed by atoms with Crippen LogP contribution in [0.2, 0.25) is 0 Å². The maximum absolute atomic E-state index is 13.3. The Labute approximate surface area is 170 Å². The van der Waals surface area contributed by atoms with Gasteiger partial charge in [-0.2, -0.15) is 0 Å². The molecule has 1 amide bonds. The highest BCUT2D eigenvalue weighted by Crippen LogP contribution is 2.37. The Kier molecular flexibility index (Phi) is 5.42. The molecule has 0 radical (unpaired) electrons. The molecule has 1 atom stereocenters. The molecule has 1 aromatic heterocycles. The Morgan fingerprint density at radius 3 is 2.72 bits per heavy atom. The SMILES string of the molecule is CCCOc1ccc([C@H]2Nc3ccccc3C(=O)N2Cc2ccco2)cc1OC. The first-order valence-electron chi connectivity index (χ1n) is 9.71. The Morgan fingerprint density at radius 2 is 1.97 bits per heavy atom. The lowest BCUT2D eigenvalue weighted by Crippen LogP contribution is -2.42. The molecule has 1 N–H and O–H groups in total. The molecule has 1 aliphatic heterocycles. The van der Waals surface area contributed by atoms with Crippen molar-refractivity contribution in [3.8, 4) is 11.5 Å². The van der Waals surface area contributed by atoms with Gasteiger partial charge in [0.25, 0.3) is 5.91 Å². The second-order valence-corrected chi connectivity index (χ2v) is 6.86. The fraction of sp³-hybridized carbons (Fsp3) is 0.261. The number of nitrogens with one attached hydrogen (secondary N) is 1. The Hall–Kier alpha value is -3.41. The smallest absolute Gasteiger partial charge is 0.258 e. The van der Waals surface area contributed by atoms with Crippen molar-refractivity contribution in [2.24, 2.45) is 0 Å². The molecule has 0 fully saturated rings. The number of para-hydroxylation sites is 1. The molecule has 0 unspecified atom stereocenters. The highest BCUT2D eigenvalue weighted by molar-refractivity contribution is 6.01. The first-order chi connectivity index (χ1) is 14.2. The van der Waals surface area contributed by atoms with E-state index in [0.29, 0.717) is 30.2 Å². The third-order valence-corrected chi connectivity index (χ3v) is 4.89. The van der Waals surface area contributed by atoms with E-state index < -0.39 is 0 Å². The van der Waals surface area contributed by atoms with E-state index in [-0.39, 0.29) is 12.1 Å². The van der Waals surface area contributed by atoms with E-state index in [4.69, 9.17) is 13.9 Å². The van der Waals surface area contributed by atoms with E-state index in [1.165, 1.54) is 0 Å². The van der Waals surface area contributed by atoms with Crippen molar-refractivity contribution in [2.45, 2.75) is 26.1 Å². The molecule has 150 valence electrons. The summed E-state index contributed by atoms with van der Waals surface area (Å²) in [5.74, 6) is 2.01. The Bertz CT molecular complexity index is 984. The number of anilines is 1. The summed E-state index contributed by atoms with van der Waals surface area (Å²) < 4.78 is 16.8. The number of rotatable bonds is 7. The quantitative estimate of drug-likeness (QED) is 0.623. The molecule has 6 nitrogen and oxygen atoms in total. The topological polar surface area (TPSA) is 63.9 Å². The van der Waals surface area contributed by atoms with E-state index in [0.717, 1.165) is 23.4 Å².